The van der Waals surface area contributed by atoms with Gasteiger partial charge in [0.15, 0.2) is 0 Å². The molecule has 0 bridgehead atoms. The van der Waals surface area contributed by atoms with Gasteiger partial charge in [0.2, 0.25) is 0 Å². The van der Waals surface area contributed by atoms with E-state index in [0.29, 0.717) is 24.7 Å². The van der Waals surface area contributed by atoms with E-state index in [1.54, 1.807) is 4.90 Å². The lowest BCUT2D eigenvalue weighted by molar-refractivity contribution is -0.137. The molecule has 3 nitrogen and oxygen atoms in total. The quantitative estimate of drug-likeness (QED) is 0.846. The van der Waals surface area contributed by atoms with Crippen LogP contribution in [-0.2, 0) is 6.18 Å². The number of carbonyl (C=O) groups excluding carboxylic acids is 1. The summed E-state index contributed by atoms with van der Waals surface area (Å²) < 4.78 is 37.6. The van der Waals surface area contributed by atoms with E-state index in [9.17, 15) is 18.0 Å². The molecule has 1 atom stereocenters. The number of halogens is 3. The summed E-state index contributed by atoms with van der Waals surface area (Å²) in [5.74, 6) is 0.296. The molecule has 1 saturated heterocycles. The molecule has 1 heterocycles. The summed E-state index contributed by atoms with van der Waals surface area (Å²) >= 11 is 0. The Morgan fingerprint density at radius 3 is 2.33 bits per heavy atom. The minimum Gasteiger partial charge on any atom is -0.324 e. The molecule has 0 aromatic heterocycles. The maximum Gasteiger partial charge on any atom is 0.416 e. The van der Waals surface area contributed by atoms with Gasteiger partial charge in [0.05, 0.1) is 5.56 Å². The van der Waals surface area contributed by atoms with Crippen molar-refractivity contribution < 1.29 is 18.0 Å². The van der Waals surface area contributed by atoms with Gasteiger partial charge in [0.25, 0.3) is 0 Å². The second kappa shape index (κ2) is 6.55. The van der Waals surface area contributed by atoms with Gasteiger partial charge in [0.1, 0.15) is 0 Å². The van der Waals surface area contributed by atoms with Gasteiger partial charge in [-0.1, -0.05) is 30.3 Å². The molecule has 0 saturated carbocycles. The van der Waals surface area contributed by atoms with Crippen molar-refractivity contribution >= 4 is 11.7 Å². The predicted octanol–water partition coefficient (Wildman–Crippen LogP) is 4.73. The topological polar surface area (TPSA) is 32.3 Å². The third-order valence-corrected chi connectivity index (χ3v) is 4.21. The third-order valence-electron chi connectivity index (χ3n) is 4.21. The van der Waals surface area contributed by atoms with E-state index in [1.165, 1.54) is 17.7 Å². The lowest BCUT2D eigenvalue weighted by Gasteiger charge is -2.18. The number of nitrogens with zero attached hydrogens (tertiary/aromatic N) is 1. The fraction of sp³-hybridized carbons (Fsp3) is 0.278. The highest BCUT2D eigenvalue weighted by Crippen LogP contribution is 2.30. The summed E-state index contributed by atoms with van der Waals surface area (Å²) in [6, 6.07) is 14.2. The Labute approximate surface area is 138 Å². The summed E-state index contributed by atoms with van der Waals surface area (Å²) in [4.78, 5) is 14.0. The van der Waals surface area contributed by atoms with E-state index in [-0.39, 0.29) is 6.03 Å². The van der Waals surface area contributed by atoms with E-state index in [2.05, 4.69) is 5.32 Å². The molecule has 2 aromatic carbocycles. The molecule has 1 N–H and O–H groups in total. The van der Waals surface area contributed by atoms with Crippen LogP contribution >= 0.6 is 0 Å². The highest BCUT2D eigenvalue weighted by Gasteiger charge is 2.30. The number of hydrogen-bond donors (Lipinski definition) is 1. The number of benzene rings is 2. The smallest absolute Gasteiger partial charge is 0.324 e. The van der Waals surface area contributed by atoms with Crippen LogP contribution < -0.4 is 5.32 Å². The SMILES string of the molecule is O=C(Nc1ccc(C(F)(F)F)cc1)N1CCC(c2ccccc2)C1. The number of hydrogen-bond acceptors (Lipinski definition) is 1. The van der Waals surface area contributed by atoms with Gasteiger partial charge in [-0.2, -0.15) is 13.2 Å². The largest absolute Gasteiger partial charge is 0.416 e. The van der Waals surface area contributed by atoms with Gasteiger partial charge in [0, 0.05) is 24.7 Å². The molecule has 3 rings (SSSR count). The molecule has 1 aliphatic rings. The van der Waals surface area contributed by atoms with Crippen LogP contribution in [0.15, 0.2) is 54.6 Å². The molecule has 2 amide bonds. The van der Waals surface area contributed by atoms with Crippen molar-refractivity contribution in [2.24, 2.45) is 0 Å². The van der Waals surface area contributed by atoms with Gasteiger partial charge in [-0.15, -0.1) is 0 Å². The number of alkyl halides is 3. The minimum atomic E-state index is -4.37. The first kappa shape index (κ1) is 16.4. The van der Waals surface area contributed by atoms with Crippen LogP contribution in [0.5, 0.6) is 0 Å². The van der Waals surface area contributed by atoms with Crippen molar-refractivity contribution in [3.05, 3.63) is 65.7 Å². The molecular weight excluding hydrogens is 317 g/mol. The Morgan fingerprint density at radius 2 is 1.71 bits per heavy atom. The van der Waals surface area contributed by atoms with Crippen molar-refractivity contribution in [2.45, 2.75) is 18.5 Å². The lowest BCUT2D eigenvalue weighted by Crippen LogP contribution is -2.32. The maximum absolute atomic E-state index is 12.5. The fourth-order valence-electron chi connectivity index (χ4n) is 2.89. The predicted molar refractivity (Wildman–Crippen MR) is 85.8 cm³/mol. The van der Waals surface area contributed by atoms with Gasteiger partial charge in [-0.05, 0) is 36.2 Å². The van der Waals surface area contributed by atoms with Crippen molar-refractivity contribution in [1.29, 1.82) is 0 Å². The Morgan fingerprint density at radius 1 is 1.04 bits per heavy atom. The summed E-state index contributed by atoms with van der Waals surface area (Å²) in [7, 11) is 0. The molecule has 0 aliphatic carbocycles. The first-order valence-corrected chi connectivity index (χ1v) is 7.71. The summed E-state index contributed by atoms with van der Waals surface area (Å²) in [5, 5.41) is 2.65. The van der Waals surface area contributed by atoms with E-state index in [0.717, 1.165) is 18.6 Å². The average molecular weight is 334 g/mol. The minimum absolute atomic E-state index is 0.284. The molecule has 0 spiro atoms. The zero-order chi connectivity index (χ0) is 17.2. The summed E-state index contributed by atoms with van der Waals surface area (Å²) in [6.45, 7) is 1.24. The Bertz CT molecular complexity index is 698. The van der Waals surface area contributed by atoms with E-state index < -0.39 is 11.7 Å². The van der Waals surface area contributed by atoms with E-state index in [4.69, 9.17) is 0 Å². The molecule has 2 aromatic rings. The van der Waals surface area contributed by atoms with Crippen molar-refractivity contribution in [3.8, 4) is 0 Å². The zero-order valence-electron chi connectivity index (χ0n) is 12.9. The van der Waals surface area contributed by atoms with Crippen LogP contribution in [0.1, 0.15) is 23.5 Å². The molecule has 1 unspecified atom stereocenters. The second-order valence-electron chi connectivity index (χ2n) is 5.85. The van der Waals surface area contributed by atoms with Crippen LogP contribution in [0.4, 0.5) is 23.7 Å². The van der Waals surface area contributed by atoms with Crippen LogP contribution in [0.3, 0.4) is 0 Å². The first-order chi connectivity index (χ1) is 11.4. The summed E-state index contributed by atoms with van der Waals surface area (Å²) in [5.41, 5.74) is 0.823. The molecule has 0 radical (unpaired) electrons. The standard InChI is InChI=1S/C18H17F3N2O/c19-18(20,21)15-6-8-16(9-7-15)22-17(24)23-11-10-14(12-23)13-4-2-1-3-5-13/h1-9,14H,10-12H2,(H,22,24). The van der Waals surface area contributed by atoms with E-state index in [1.807, 2.05) is 30.3 Å². The Hall–Kier alpha value is -2.50. The first-order valence-electron chi connectivity index (χ1n) is 7.71. The van der Waals surface area contributed by atoms with Crippen molar-refractivity contribution in [2.75, 3.05) is 18.4 Å². The number of amides is 2. The number of anilines is 1. The molecular formula is C18H17F3N2O. The monoisotopic (exact) mass is 334 g/mol. The number of nitrogens with one attached hydrogen (secondary N) is 1. The van der Waals surface area contributed by atoms with Crippen LogP contribution in [0.25, 0.3) is 0 Å². The second-order valence-corrected chi connectivity index (χ2v) is 5.85. The maximum atomic E-state index is 12.5. The lowest BCUT2D eigenvalue weighted by atomic mass is 9.99. The number of rotatable bonds is 2. The van der Waals surface area contributed by atoms with E-state index >= 15 is 0 Å². The van der Waals surface area contributed by atoms with Gasteiger partial charge in [-0.25, -0.2) is 4.79 Å². The normalized spacial score (nSPS) is 17.8. The van der Waals surface area contributed by atoms with Gasteiger partial charge in [-0.3, -0.25) is 0 Å². The highest BCUT2D eigenvalue weighted by atomic mass is 19.4. The molecule has 1 aliphatic heterocycles. The van der Waals surface area contributed by atoms with Crippen LogP contribution in [-0.4, -0.2) is 24.0 Å². The van der Waals surface area contributed by atoms with Crippen molar-refractivity contribution in [1.82, 2.24) is 4.90 Å². The van der Waals surface area contributed by atoms with Crippen LogP contribution in [0.2, 0.25) is 0 Å². The fourth-order valence-corrected chi connectivity index (χ4v) is 2.89. The number of likely N-dealkylation sites (tertiary alicyclic amines) is 1. The highest BCUT2D eigenvalue weighted by molar-refractivity contribution is 5.89. The summed E-state index contributed by atoms with van der Waals surface area (Å²) in [6.07, 6.45) is -3.50. The van der Waals surface area contributed by atoms with Gasteiger partial charge >= 0.3 is 12.2 Å². The van der Waals surface area contributed by atoms with Gasteiger partial charge < -0.3 is 10.2 Å². The Kier molecular flexibility index (Phi) is 4.46. The zero-order valence-corrected chi connectivity index (χ0v) is 12.9. The Balaban J connectivity index is 1.60. The molecule has 126 valence electrons. The number of urea groups is 1. The third kappa shape index (κ3) is 3.69. The molecule has 6 heteroatoms. The molecule has 1 fully saturated rings. The number of carbonyl (C=O) groups is 1. The van der Waals surface area contributed by atoms with Crippen molar-refractivity contribution in [3.63, 3.8) is 0 Å². The average Bonchev–Trinajstić information content (AvgIpc) is 3.05. The van der Waals surface area contributed by atoms with Crippen LogP contribution in [0, 0.1) is 0 Å². The molecule has 24 heavy (non-hydrogen) atoms.